The van der Waals surface area contributed by atoms with Gasteiger partial charge in [0.15, 0.2) is 0 Å². The highest BCUT2D eigenvalue weighted by atomic mass is 79.9. The van der Waals surface area contributed by atoms with Gasteiger partial charge in [-0.05, 0) is 46.3 Å². The second-order valence-corrected chi connectivity index (χ2v) is 8.18. The number of pyridine rings is 1. The number of nitrogens with one attached hydrogen (secondary N) is 1. The molecule has 2 amide bonds. The molecular formula is C17H24BrN3O2. The lowest BCUT2D eigenvalue weighted by atomic mass is 9.90. The molecule has 0 saturated carbocycles. The van der Waals surface area contributed by atoms with Crippen molar-refractivity contribution in [2.24, 2.45) is 11.3 Å². The molecule has 1 aromatic heterocycles. The number of aromatic nitrogens is 1. The van der Waals surface area contributed by atoms with Gasteiger partial charge < -0.3 is 10.2 Å². The molecule has 1 unspecified atom stereocenters. The Bertz CT molecular complexity index is 566. The van der Waals surface area contributed by atoms with Gasteiger partial charge in [0.1, 0.15) is 5.82 Å². The third-order valence-corrected chi connectivity index (χ3v) is 4.27. The van der Waals surface area contributed by atoms with Crippen molar-refractivity contribution in [3.8, 4) is 0 Å². The number of anilines is 1. The van der Waals surface area contributed by atoms with E-state index in [1.165, 1.54) is 0 Å². The van der Waals surface area contributed by atoms with E-state index in [-0.39, 0.29) is 23.1 Å². The van der Waals surface area contributed by atoms with Crippen LogP contribution in [0, 0.1) is 11.3 Å². The summed E-state index contributed by atoms with van der Waals surface area (Å²) in [6.45, 7) is 7.40. The summed E-state index contributed by atoms with van der Waals surface area (Å²) >= 11 is 3.32. The minimum Gasteiger partial charge on any atom is -0.342 e. The number of nitrogens with zero attached hydrogens (tertiary/aromatic N) is 2. The fourth-order valence-corrected chi connectivity index (χ4v) is 2.90. The minimum atomic E-state index is -0.168. The normalized spacial score (nSPS) is 18.6. The molecule has 0 aromatic carbocycles. The zero-order valence-corrected chi connectivity index (χ0v) is 15.5. The summed E-state index contributed by atoms with van der Waals surface area (Å²) in [5.74, 6) is 0.444. The molecule has 0 radical (unpaired) electrons. The summed E-state index contributed by atoms with van der Waals surface area (Å²) in [4.78, 5) is 30.7. The molecule has 1 atom stereocenters. The Balaban J connectivity index is 1.93. The standard InChI is InChI=1S/C17H24BrN3O2/c1-17(2,3)9-15(22)21-8-4-5-12(11-21)16(23)20-14-7-6-13(18)10-19-14/h6-7,10,12H,4-5,8-9,11H2,1-3H3,(H,19,20,23). The second kappa shape index (κ2) is 7.43. The lowest BCUT2D eigenvalue weighted by Gasteiger charge is -2.33. The van der Waals surface area contributed by atoms with Gasteiger partial charge in [-0.25, -0.2) is 4.98 Å². The van der Waals surface area contributed by atoms with E-state index in [0.29, 0.717) is 18.8 Å². The second-order valence-electron chi connectivity index (χ2n) is 7.27. The highest BCUT2D eigenvalue weighted by molar-refractivity contribution is 9.10. The Labute approximate surface area is 146 Å². The quantitative estimate of drug-likeness (QED) is 0.871. The Morgan fingerprint density at radius 1 is 1.39 bits per heavy atom. The van der Waals surface area contributed by atoms with Crippen LogP contribution in [0.3, 0.4) is 0 Å². The molecule has 0 aliphatic carbocycles. The van der Waals surface area contributed by atoms with E-state index in [1.807, 2.05) is 11.0 Å². The van der Waals surface area contributed by atoms with Crippen LogP contribution >= 0.6 is 15.9 Å². The van der Waals surface area contributed by atoms with Crippen molar-refractivity contribution in [2.45, 2.75) is 40.0 Å². The number of carbonyl (C=O) groups excluding carboxylic acids is 2. The Hall–Kier alpha value is -1.43. The van der Waals surface area contributed by atoms with Crippen LogP contribution in [-0.2, 0) is 9.59 Å². The predicted molar refractivity (Wildman–Crippen MR) is 93.9 cm³/mol. The molecule has 1 fully saturated rings. The van der Waals surface area contributed by atoms with Crippen LogP contribution in [0.15, 0.2) is 22.8 Å². The van der Waals surface area contributed by atoms with Crippen molar-refractivity contribution in [1.82, 2.24) is 9.88 Å². The minimum absolute atomic E-state index is 0.0341. The van der Waals surface area contributed by atoms with Crippen LogP contribution < -0.4 is 5.32 Å². The van der Waals surface area contributed by atoms with Crippen molar-refractivity contribution in [3.05, 3.63) is 22.8 Å². The van der Waals surface area contributed by atoms with Gasteiger partial charge in [0.2, 0.25) is 11.8 Å². The van der Waals surface area contributed by atoms with Crippen LogP contribution in [0.2, 0.25) is 0 Å². The highest BCUT2D eigenvalue weighted by Gasteiger charge is 2.30. The van der Waals surface area contributed by atoms with Gasteiger partial charge in [-0.15, -0.1) is 0 Å². The topological polar surface area (TPSA) is 62.3 Å². The number of carbonyl (C=O) groups is 2. The number of piperidine rings is 1. The van der Waals surface area contributed by atoms with Gasteiger partial charge in [-0.3, -0.25) is 9.59 Å². The van der Waals surface area contributed by atoms with E-state index in [9.17, 15) is 9.59 Å². The van der Waals surface area contributed by atoms with Crippen molar-refractivity contribution >= 4 is 33.6 Å². The summed E-state index contributed by atoms with van der Waals surface area (Å²) in [5, 5.41) is 2.84. The van der Waals surface area contributed by atoms with Crippen molar-refractivity contribution in [1.29, 1.82) is 0 Å². The van der Waals surface area contributed by atoms with Crippen LogP contribution in [0.5, 0.6) is 0 Å². The number of likely N-dealkylation sites (tertiary alicyclic amines) is 1. The number of rotatable bonds is 3. The lowest BCUT2D eigenvalue weighted by Crippen LogP contribution is -2.44. The van der Waals surface area contributed by atoms with Gasteiger partial charge in [-0.2, -0.15) is 0 Å². The van der Waals surface area contributed by atoms with Gasteiger partial charge in [0.05, 0.1) is 5.92 Å². The average molecular weight is 382 g/mol. The zero-order chi connectivity index (χ0) is 17.0. The number of hydrogen-bond donors (Lipinski definition) is 1. The maximum Gasteiger partial charge on any atom is 0.230 e. The SMILES string of the molecule is CC(C)(C)CC(=O)N1CCCC(C(=O)Nc2ccc(Br)cn2)C1. The van der Waals surface area contributed by atoms with E-state index in [4.69, 9.17) is 0 Å². The first-order valence-corrected chi connectivity index (χ1v) is 8.74. The molecule has 2 heterocycles. The Morgan fingerprint density at radius 3 is 2.74 bits per heavy atom. The van der Waals surface area contributed by atoms with Crippen molar-refractivity contribution in [3.63, 3.8) is 0 Å². The molecule has 126 valence electrons. The van der Waals surface area contributed by atoms with Gasteiger partial charge in [0.25, 0.3) is 0 Å². The average Bonchev–Trinajstić information content (AvgIpc) is 2.48. The van der Waals surface area contributed by atoms with Crippen LogP contribution in [0.4, 0.5) is 5.82 Å². The van der Waals surface area contributed by atoms with Gasteiger partial charge in [0, 0.05) is 30.2 Å². The van der Waals surface area contributed by atoms with E-state index in [2.05, 4.69) is 47.0 Å². The van der Waals surface area contributed by atoms with Crippen LogP contribution in [0.25, 0.3) is 0 Å². The molecular weight excluding hydrogens is 358 g/mol. The lowest BCUT2D eigenvalue weighted by molar-refractivity contribution is -0.136. The van der Waals surface area contributed by atoms with E-state index in [1.54, 1.807) is 12.3 Å². The molecule has 1 N–H and O–H groups in total. The first-order chi connectivity index (χ1) is 10.7. The third kappa shape index (κ3) is 5.61. The fraction of sp³-hybridized carbons (Fsp3) is 0.588. The summed E-state index contributed by atoms with van der Waals surface area (Å²) < 4.78 is 0.868. The zero-order valence-electron chi connectivity index (χ0n) is 13.9. The Kier molecular flexibility index (Phi) is 5.79. The maximum absolute atomic E-state index is 12.4. The van der Waals surface area contributed by atoms with E-state index in [0.717, 1.165) is 23.9 Å². The molecule has 2 rings (SSSR count). The summed E-state index contributed by atoms with van der Waals surface area (Å²) in [6.07, 6.45) is 3.83. The van der Waals surface area contributed by atoms with Gasteiger partial charge in [-0.1, -0.05) is 20.8 Å². The summed E-state index contributed by atoms with van der Waals surface area (Å²) in [7, 11) is 0. The summed E-state index contributed by atoms with van der Waals surface area (Å²) in [6, 6.07) is 3.59. The Morgan fingerprint density at radius 2 is 2.13 bits per heavy atom. The summed E-state index contributed by atoms with van der Waals surface area (Å²) in [5.41, 5.74) is -0.0341. The van der Waals surface area contributed by atoms with Gasteiger partial charge >= 0.3 is 0 Å². The molecule has 1 aliphatic heterocycles. The fourth-order valence-electron chi connectivity index (χ4n) is 2.66. The predicted octanol–water partition coefficient (Wildman–Crippen LogP) is 3.46. The largest absolute Gasteiger partial charge is 0.342 e. The van der Waals surface area contributed by atoms with E-state index < -0.39 is 0 Å². The smallest absolute Gasteiger partial charge is 0.230 e. The molecule has 0 spiro atoms. The molecule has 23 heavy (non-hydrogen) atoms. The highest BCUT2D eigenvalue weighted by Crippen LogP contribution is 2.24. The molecule has 6 heteroatoms. The third-order valence-electron chi connectivity index (χ3n) is 3.81. The van der Waals surface area contributed by atoms with Crippen LogP contribution in [-0.4, -0.2) is 34.8 Å². The van der Waals surface area contributed by atoms with Crippen molar-refractivity contribution < 1.29 is 9.59 Å². The number of hydrogen-bond acceptors (Lipinski definition) is 3. The monoisotopic (exact) mass is 381 g/mol. The molecule has 1 saturated heterocycles. The number of halogens is 1. The first kappa shape index (κ1) is 17.9. The molecule has 1 aromatic rings. The molecule has 1 aliphatic rings. The molecule has 5 nitrogen and oxygen atoms in total. The molecule has 0 bridgehead atoms. The first-order valence-electron chi connectivity index (χ1n) is 7.95. The van der Waals surface area contributed by atoms with E-state index >= 15 is 0 Å². The number of amides is 2. The van der Waals surface area contributed by atoms with Crippen molar-refractivity contribution in [2.75, 3.05) is 18.4 Å². The van der Waals surface area contributed by atoms with Crippen LogP contribution in [0.1, 0.15) is 40.0 Å². The maximum atomic E-state index is 12.4.